The van der Waals surface area contributed by atoms with Crippen molar-refractivity contribution in [1.29, 1.82) is 0 Å². The van der Waals surface area contributed by atoms with Gasteiger partial charge in [0.1, 0.15) is 0 Å². The van der Waals surface area contributed by atoms with Crippen LogP contribution >= 0.6 is 26.5 Å². The van der Waals surface area contributed by atoms with Crippen molar-refractivity contribution in [2.45, 2.75) is 42.4 Å². The molecule has 21 aromatic rings. The fraction of sp³-hybridized carbons (Fsp3) is 0.0609. The predicted octanol–water partition coefficient (Wildman–Crippen LogP) is 13.0. The summed E-state index contributed by atoms with van der Waals surface area (Å²) in [5.41, 5.74) is 52.6. The van der Waals surface area contributed by atoms with E-state index in [2.05, 4.69) is 417 Å². The van der Waals surface area contributed by atoms with Crippen molar-refractivity contribution in [1.82, 2.24) is 18.6 Å². The van der Waals surface area contributed by atoms with E-state index in [9.17, 15) is 0 Å². The third-order valence-electron chi connectivity index (χ3n) is 43.3. The first-order valence-electron chi connectivity index (χ1n) is 53.4. The van der Waals surface area contributed by atoms with Crippen LogP contribution in [0.1, 0.15) is 106 Å². The normalized spacial score (nSPS) is 20.6. The van der Waals surface area contributed by atoms with E-state index < -0.39 is 35.3 Å². The second-order valence-electron chi connectivity index (χ2n) is 47.9. The maximum atomic E-state index is 6.03. The maximum absolute atomic E-state index is 6.03. The average molecular weight is 1840 g/mol. The molecule has 141 heavy (non-hydrogen) atoms. The Morgan fingerprint density at radius 1 is 0.326 bits per heavy atom. The molecule has 0 amide bonds. The number of hydrogen-bond acceptors (Lipinski definition) is 2. The molecular formula is C115H81B17N5P4-3. The number of nitrogens with zero attached hydrogens (tertiary/aromatic N) is 4. The van der Waals surface area contributed by atoms with E-state index in [1.165, 1.54) is 194 Å². The summed E-state index contributed by atoms with van der Waals surface area (Å²) < 4.78 is 14.1. The minimum absolute atomic E-state index is 0.0213. The van der Waals surface area contributed by atoms with Gasteiger partial charge in [-0.1, -0.05) is 120 Å². The molecule has 0 aliphatic carbocycles. The number of benzene rings is 18. The van der Waals surface area contributed by atoms with Gasteiger partial charge in [0.15, 0.2) is 0 Å². The van der Waals surface area contributed by atoms with Crippen molar-refractivity contribution in [2.75, 3.05) is 0 Å². The zero-order valence-electron chi connectivity index (χ0n) is 79.1. The summed E-state index contributed by atoms with van der Waals surface area (Å²) in [6, 6.07) is 148. The summed E-state index contributed by atoms with van der Waals surface area (Å²) >= 11 is 0. The molecule has 3 aromatic heterocycles. The van der Waals surface area contributed by atoms with E-state index in [4.69, 9.17) is 9.37 Å². The molecule has 11 fully saturated rings. The van der Waals surface area contributed by atoms with Crippen LogP contribution in [0.15, 0.2) is 387 Å². The zero-order chi connectivity index (χ0) is 90.8. The van der Waals surface area contributed by atoms with Crippen LogP contribution in [0.3, 0.4) is 0 Å². The first-order chi connectivity index (χ1) is 69.6. The molecule has 1 spiro atoms. The molecular weight excluding hydrogens is 1760 g/mol. The van der Waals surface area contributed by atoms with Crippen LogP contribution in [0.2, 0.25) is 0 Å². The molecule has 640 valence electrons. The van der Waals surface area contributed by atoms with Gasteiger partial charge in [-0.25, -0.2) is 0 Å². The minimum atomic E-state index is -2.08. The summed E-state index contributed by atoms with van der Waals surface area (Å²) in [7, 11) is 0.686. The standard InChI is InChI=1S/C39H26BN.C38H28B9N2P2.C38H27B7N2P2/c1-24-18-21-33-30(22-24)29-20-19-26-23-25-10-8-15-31-35(25)40-36(26)38(29)41(33)34-17-9-16-32(37(34)40)39(31,27-11-4-2-5-12-27)28-13-6-3-7-14-28;1-3-12-25(13-4-1)38(26-14-5-2-6-15-26)28-17-9-11-23-21-24-22-32(50(43-39-44(50)47(43)50)48-51-40-45(51)46(51)41-51)33-27-16-7-8-19-30(27)49-31-20-10-18-29(38)36(31)42(34(23)28)35(24)37(33)49;1-3-11-25(12-4-1)38(26-13-5-2-6-14-26)28-15-7-10-23-22-24-20-21-27-33-30(17-9-19-32(33)49(40-43(49)41-49)46-48-44-39-45(44)48)47-31-18-8-16-29(38)36(31)42(34(23)28)35(24)37(27)47/h2-22H,23H2,1H3;1-20,22,48H,21,39-40H2;1-21H,22,39-40H2/q;-2;-1. The number of nitrogens with one attached hydrogen (secondary N) is 1. The second-order valence-corrected chi connectivity index (χ2v) is 68.6. The molecule has 26 heteroatoms. The summed E-state index contributed by atoms with van der Waals surface area (Å²) in [6.07, 6.45) is 6.30. The number of fused-ring (bicyclic) bond motifs is 15. The molecule has 18 aromatic carbocycles. The van der Waals surface area contributed by atoms with Crippen LogP contribution in [0.25, 0.3) is 82.5 Å². The first-order valence-corrected chi connectivity index (χ1v) is 62.9. The molecule has 5 nitrogen and oxygen atoms in total. The van der Waals surface area contributed by atoms with Crippen molar-refractivity contribution in [3.8, 4) is 17.1 Å². The SMILES string of the molecule is Cc1ccc2c(c1)c1ccc3c4c1n2-c1cccc2c1B4c1c(cccc1C2(c1ccccc1)c1ccccc1)C3.[B]1B2B3[BH2-]P123NP12(c3cc4c5c6c3c3ccccc3n6-c3cccc6c3B5c3c(cccc3C6(c3ccccc3)c3ccccc3)C4)B3[BH2-]B1B32.[B]1B2[BH2-]P12(N=[P+]1B2[BH2-]B21)c1cccc2c1c1ccc3c4c1n2-c1cccc2c1B4c1c(cccc1C2(c1ccccc1)c1ccccc1)C3. The van der Waals surface area contributed by atoms with Gasteiger partial charge < -0.3 is 4.57 Å². The van der Waals surface area contributed by atoms with Gasteiger partial charge in [-0.3, -0.25) is 0 Å². The van der Waals surface area contributed by atoms with Crippen molar-refractivity contribution < 1.29 is 0 Å². The quantitative estimate of drug-likeness (QED) is 0.102. The molecule has 1 N–H and O–H groups in total. The van der Waals surface area contributed by atoms with Gasteiger partial charge in [-0.05, 0) is 75.8 Å². The van der Waals surface area contributed by atoms with E-state index in [0.717, 1.165) is 62.8 Å². The van der Waals surface area contributed by atoms with E-state index in [-0.39, 0.29) is 41.6 Å². The molecule has 0 saturated carbocycles. The van der Waals surface area contributed by atoms with Crippen LogP contribution in [0.5, 0.6) is 0 Å². The van der Waals surface area contributed by atoms with E-state index in [0.29, 0.717) is 14.0 Å². The van der Waals surface area contributed by atoms with Gasteiger partial charge in [-0.2, -0.15) is 0 Å². The number of aromatic nitrogens is 3. The second kappa shape index (κ2) is 24.5. The molecule has 20 aliphatic heterocycles. The molecule has 11 saturated heterocycles. The van der Waals surface area contributed by atoms with Gasteiger partial charge >= 0.3 is 593 Å². The van der Waals surface area contributed by atoms with Crippen molar-refractivity contribution in [2.24, 2.45) is 4.52 Å². The van der Waals surface area contributed by atoms with Gasteiger partial charge in [-0.15, -0.1) is 0 Å². The number of aryl methyl sites for hydroxylation is 1. The third kappa shape index (κ3) is 8.23. The Hall–Kier alpha value is -12.2. The van der Waals surface area contributed by atoms with E-state index in [1.54, 1.807) is 54.6 Å². The Kier molecular flexibility index (Phi) is 13.3. The Labute approximate surface area is 826 Å². The summed E-state index contributed by atoms with van der Waals surface area (Å²) in [6.45, 7) is 9.01. The molecule has 2 radical (unpaired) electrons. The Balaban J connectivity index is 0.0000000870. The molecule has 41 rings (SSSR count). The van der Waals surface area contributed by atoms with Crippen LogP contribution in [0.4, 0.5) is 0 Å². The molecule has 20 aliphatic rings. The van der Waals surface area contributed by atoms with Crippen LogP contribution in [0, 0.1) is 6.92 Å². The van der Waals surface area contributed by atoms with E-state index in [1.807, 2.05) is 5.30 Å². The molecule has 0 unspecified atom stereocenters. The topological polar surface area (TPSA) is 39.2 Å². The van der Waals surface area contributed by atoms with Gasteiger partial charge in [0.05, 0.1) is 10.9 Å². The third-order valence-corrected chi connectivity index (χ3v) is 72.5. The monoisotopic (exact) mass is 1840 g/mol. The van der Waals surface area contributed by atoms with E-state index >= 15 is 0 Å². The van der Waals surface area contributed by atoms with Crippen LogP contribution in [-0.4, -0.2) is 125 Å². The Morgan fingerprint density at radius 3 is 1.15 bits per heavy atom. The summed E-state index contributed by atoms with van der Waals surface area (Å²) in [5.74, 6) is 0. The van der Waals surface area contributed by atoms with Crippen LogP contribution < -0.4 is 64.6 Å². The van der Waals surface area contributed by atoms with Crippen molar-refractivity contribution >= 4 is 263 Å². The number of rotatable bonds is 11. The zero-order valence-corrected chi connectivity index (χ0v) is 82.7. The van der Waals surface area contributed by atoms with Gasteiger partial charge in [0.25, 0.3) is 0 Å². The van der Waals surface area contributed by atoms with Crippen molar-refractivity contribution in [3.05, 3.63) is 488 Å². The Morgan fingerprint density at radius 2 is 0.716 bits per heavy atom. The summed E-state index contributed by atoms with van der Waals surface area (Å²) in [5, 5.41) is 12.5. The fourth-order valence-electron chi connectivity index (χ4n) is 36.5. The number of hydrogen-bond donors (Lipinski definition) is 1. The van der Waals surface area contributed by atoms with Crippen LogP contribution in [-0.2, 0) is 35.5 Å². The van der Waals surface area contributed by atoms with Gasteiger partial charge in [0.2, 0.25) is 6.71 Å². The molecule has 2 bridgehead atoms. The number of para-hydroxylation sites is 1. The molecule has 23 heterocycles. The fourth-order valence-corrected chi connectivity index (χ4v) is 74.6. The first kappa shape index (κ1) is 76.5. The Bertz CT molecular complexity index is 9600. The van der Waals surface area contributed by atoms with Gasteiger partial charge in [0, 0.05) is 22.0 Å². The van der Waals surface area contributed by atoms with Crippen molar-refractivity contribution in [3.63, 3.8) is 0 Å². The predicted molar refractivity (Wildman–Crippen MR) is 629 cm³/mol. The molecule has 0 atom stereocenters. The summed E-state index contributed by atoms with van der Waals surface area (Å²) in [4.78, 5) is 5.00. The average Bonchev–Trinajstić information content (AvgIpc) is 1.32.